The number of aliphatic imine (C=N–C) groups is 2. The van der Waals surface area contributed by atoms with E-state index < -0.39 is 0 Å². The van der Waals surface area contributed by atoms with E-state index in [-0.39, 0.29) is 21.9 Å². The van der Waals surface area contributed by atoms with Crippen LogP contribution in [0.2, 0.25) is 0 Å². The van der Waals surface area contributed by atoms with Gasteiger partial charge in [0.15, 0.2) is 0 Å². The van der Waals surface area contributed by atoms with E-state index in [1.54, 1.807) is 0 Å². The largest absolute Gasteiger partial charge is 0.317 e. The van der Waals surface area contributed by atoms with Gasteiger partial charge in [-0.15, -0.1) is 0 Å². The van der Waals surface area contributed by atoms with Crippen LogP contribution in [0, 0.1) is 0 Å². The van der Waals surface area contributed by atoms with Crippen LogP contribution in [0.1, 0.15) is 117 Å². The van der Waals surface area contributed by atoms with Crippen molar-refractivity contribution in [3.63, 3.8) is 0 Å². The summed E-state index contributed by atoms with van der Waals surface area (Å²) in [5.74, 6) is 0. The molecule has 4 heteroatoms. The second-order valence-electron chi connectivity index (χ2n) is 11.8. The summed E-state index contributed by atoms with van der Waals surface area (Å²) in [6, 6.07) is 2.36. The first kappa shape index (κ1) is 25.7. The fraction of sp³-hybridized carbons (Fsp3) is 0.741. The maximum Gasteiger partial charge on any atom is 0.0853 e. The van der Waals surface area contributed by atoms with Crippen molar-refractivity contribution in [3.8, 4) is 0 Å². The van der Waals surface area contributed by atoms with Crippen LogP contribution in [0.3, 0.4) is 0 Å². The molecule has 0 unspecified atom stereocenters. The van der Waals surface area contributed by atoms with Crippen molar-refractivity contribution >= 4 is 12.4 Å². The second-order valence-corrected chi connectivity index (χ2v) is 11.8. The highest BCUT2D eigenvalue weighted by molar-refractivity contribution is 5.86. The molecule has 0 spiro atoms. The van der Waals surface area contributed by atoms with E-state index in [0.29, 0.717) is 0 Å². The van der Waals surface area contributed by atoms with Crippen LogP contribution in [0.5, 0.6) is 0 Å². The van der Waals surface area contributed by atoms with Crippen LogP contribution in [0.4, 0.5) is 0 Å². The van der Waals surface area contributed by atoms with Gasteiger partial charge in [-0.1, -0.05) is 61.5 Å². The van der Waals surface area contributed by atoms with E-state index in [1.807, 2.05) is 12.4 Å². The summed E-state index contributed by atoms with van der Waals surface area (Å²) in [5.41, 5.74) is 4.25. The van der Waals surface area contributed by atoms with Gasteiger partial charge in [0.1, 0.15) is 0 Å². The summed E-state index contributed by atoms with van der Waals surface area (Å²) >= 11 is 0. The first-order valence-electron chi connectivity index (χ1n) is 12.1. The molecule has 2 bridgehead atoms. The number of rotatable bonds is 2. The van der Waals surface area contributed by atoms with Crippen molar-refractivity contribution in [2.75, 3.05) is 13.1 Å². The summed E-state index contributed by atoms with van der Waals surface area (Å²) in [6.07, 6.45) is 8.11. The number of fused-ring (bicyclic) bond motifs is 2. The minimum atomic E-state index is -0.0844. The van der Waals surface area contributed by atoms with Gasteiger partial charge in [-0.05, 0) is 74.6 Å². The zero-order chi connectivity index (χ0) is 23.5. The van der Waals surface area contributed by atoms with Crippen molar-refractivity contribution in [1.82, 2.24) is 10.3 Å². The SMILES string of the molecule is CC[C@]1(C)CCNCC[C@@](C)(CC)N=Cc2nc(c(C(C)(C)C)cc2C(C)(C)C)C=N1. The molecule has 1 N–H and O–H groups in total. The van der Waals surface area contributed by atoms with Gasteiger partial charge in [0.05, 0.1) is 22.5 Å². The Hall–Kier alpha value is -1.55. The van der Waals surface area contributed by atoms with Crippen molar-refractivity contribution < 1.29 is 0 Å². The number of aromatic nitrogens is 1. The number of nitrogens with one attached hydrogen (secondary N) is 1. The van der Waals surface area contributed by atoms with Crippen LogP contribution in [-0.4, -0.2) is 41.6 Å². The first-order valence-corrected chi connectivity index (χ1v) is 12.1. The quantitative estimate of drug-likeness (QED) is 0.609. The van der Waals surface area contributed by atoms with E-state index in [2.05, 4.69) is 80.6 Å². The maximum absolute atomic E-state index is 5.18. The third-order valence-electron chi connectivity index (χ3n) is 6.90. The summed E-state index contributed by atoms with van der Waals surface area (Å²) in [4.78, 5) is 15.3. The highest BCUT2D eigenvalue weighted by atomic mass is 14.9. The Balaban J connectivity index is 2.77. The van der Waals surface area contributed by atoms with Crippen molar-refractivity contribution in [2.45, 2.75) is 117 Å². The fourth-order valence-electron chi connectivity index (χ4n) is 3.88. The Bertz CT molecular complexity index is 747. The molecule has 174 valence electrons. The Morgan fingerprint density at radius 2 is 1.16 bits per heavy atom. The zero-order valence-electron chi connectivity index (χ0n) is 21.8. The number of hydrogen-bond acceptors (Lipinski definition) is 4. The second kappa shape index (κ2) is 9.52. The van der Waals surface area contributed by atoms with Gasteiger partial charge >= 0.3 is 0 Å². The smallest absolute Gasteiger partial charge is 0.0853 e. The van der Waals surface area contributed by atoms with Gasteiger partial charge < -0.3 is 5.32 Å². The summed E-state index contributed by atoms with van der Waals surface area (Å²) < 4.78 is 0. The Morgan fingerprint density at radius 1 is 0.774 bits per heavy atom. The lowest BCUT2D eigenvalue weighted by Gasteiger charge is -2.30. The predicted octanol–water partition coefficient (Wildman–Crippen LogP) is 6.24. The lowest BCUT2D eigenvalue weighted by Crippen LogP contribution is -2.32. The van der Waals surface area contributed by atoms with E-state index in [9.17, 15) is 0 Å². The normalized spacial score (nSPS) is 26.0. The van der Waals surface area contributed by atoms with E-state index in [4.69, 9.17) is 15.0 Å². The Kier molecular flexibility index (Phi) is 7.90. The number of hydrogen-bond donors (Lipinski definition) is 1. The molecular formula is C27H46N4. The van der Waals surface area contributed by atoms with E-state index >= 15 is 0 Å². The van der Waals surface area contributed by atoms with Crippen molar-refractivity contribution in [1.29, 1.82) is 0 Å². The van der Waals surface area contributed by atoms with Crippen molar-refractivity contribution in [2.24, 2.45) is 9.98 Å². The van der Waals surface area contributed by atoms with E-state index in [1.165, 1.54) is 11.1 Å². The molecule has 0 aliphatic carbocycles. The molecule has 31 heavy (non-hydrogen) atoms. The molecule has 1 aliphatic rings. The highest BCUT2D eigenvalue weighted by Crippen LogP contribution is 2.32. The summed E-state index contributed by atoms with van der Waals surface area (Å²) in [6.45, 7) is 24.5. The van der Waals surface area contributed by atoms with Gasteiger partial charge in [-0.2, -0.15) is 0 Å². The standard InChI is InChI=1S/C27H46N4/c1-11-26(9)13-15-28-16-14-27(10,12-2)30-19-23-21(25(6,7)8)17-20(24(3,4)5)22(31-23)18-29-26/h17-19,28H,11-16H2,1-10H3/t26-,27-/m1/s1. The molecule has 0 radical (unpaired) electrons. The van der Waals surface area contributed by atoms with Gasteiger partial charge in [-0.3, -0.25) is 9.98 Å². The molecule has 1 aromatic rings. The molecule has 4 nitrogen and oxygen atoms in total. The van der Waals surface area contributed by atoms with Crippen LogP contribution in [0.25, 0.3) is 0 Å². The van der Waals surface area contributed by atoms with Gasteiger partial charge in [0, 0.05) is 12.4 Å². The van der Waals surface area contributed by atoms with E-state index in [0.717, 1.165) is 50.2 Å². The molecule has 1 aromatic heterocycles. The minimum Gasteiger partial charge on any atom is -0.317 e. The van der Waals surface area contributed by atoms with Crippen LogP contribution in [0.15, 0.2) is 16.1 Å². The molecule has 0 amide bonds. The number of nitrogens with zero attached hydrogens (tertiary/aromatic N) is 3. The van der Waals surface area contributed by atoms with Crippen molar-refractivity contribution in [3.05, 3.63) is 28.6 Å². The maximum atomic E-state index is 5.18. The highest BCUT2D eigenvalue weighted by Gasteiger charge is 2.28. The first-order chi connectivity index (χ1) is 14.2. The third-order valence-corrected chi connectivity index (χ3v) is 6.90. The van der Waals surface area contributed by atoms with Gasteiger partial charge in [0.2, 0.25) is 0 Å². The van der Waals surface area contributed by atoms with Crippen LogP contribution < -0.4 is 5.32 Å². The molecule has 1 aliphatic heterocycles. The topological polar surface area (TPSA) is 49.6 Å². The molecule has 2 rings (SSSR count). The predicted molar refractivity (Wildman–Crippen MR) is 136 cm³/mol. The number of pyridine rings is 1. The summed E-state index contributed by atoms with van der Waals surface area (Å²) in [7, 11) is 0. The molecule has 2 heterocycles. The molecule has 0 aromatic carbocycles. The van der Waals surface area contributed by atoms with Gasteiger partial charge in [0.25, 0.3) is 0 Å². The molecule has 0 saturated carbocycles. The minimum absolute atomic E-state index is 0.0163. The molecule has 2 atom stereocenters. The molecule has 0 fully saturated rings. The Morgan fingerprint density at radius 3 is 1.48 bits per heavy atom. The van der Waals surface area contributed by atoms with Crippen LogP contribution in [-0.2, 0) is 10.8 Å². The summed E-state index contributed by atoms with van der Waals surface area (Å²) in [5, 5.41) is 3.63. The third kappa shape index (κ3) is 6.71. The van der Waals surface area contributed by atoms with Gasteiger partial charge in [-0.25, -0.2) is 4.98 Å². The Labute approximate surface area is 191 Å². The fourth-order valence-corrected chi connectivity index (χ4v) is 3.88. The molecular weight excluding hydrogens is 380 g/mol. The zero-order valence-corrected chi connectivity index (χ0v) is 21.8. The molecule has 0 saturated heterocycles. The van der Waals surface area contributed by atoms with Crippen LogP contribution >= 0.6 is 0 Å². The average Bonchev–Trinajstić information content (AvgIpc) is 2.68. The monoisotopic (exact) mass is 426 g/mol. The lowest BCUT2D eigenvalue weighted by atomic mass is 9.79. The lowest BCUT2D eigenvalue weighted by molar-refractivity contribution is 0.382. The average molecular weight is 427 g/mol.